The van der Waals surface area contributed by atoms with Crippen LogP contribution in [0.5, 0.6) is 0 Å². The van der Waals surface area contributed by atoms with Crippen molar-refractivity contribution in [1.82, 2.24) is 9.47 Å². The molecule has 3 heterocycles. The number of aryl methyl sites for hydroxylation is 1. The van der Waals surface area contributed by atoms with E-state index in [1.807, 2.05) is 18.2 Å². The van der Waals surface area contributed by atoms with Crippen LogP contribution in [-0.4, -0.2) is 44.9 Å². The van der Waals surface area contributed by atoms with Gasteiger partial charge >= 0.3 is 5.97 Å². The second kappa shape index (κ2) is 8.75. The highest BCUT2D eigenvalue weighted by Gasteiger charge is 2.42. The van der Waals surface area contributed by atoms with Crippen LogP contribution >= 0.6 is 11.6 Å². The molecule has 0 amide bonds. The Bertz CT molecular complexity index is 1270. The Morgan fingerprint density at radius 2 is 1.91 bits per heavy atom. The van der Waals surface area contributed by atoms with Crippen molar-refractivity contribution in [1.29, 1.82) is 0 Å². The van der Waals surface area contributed by atoms with Crippen molar-refractivity contribution in [2.45, 2.75) is 58.2 Å². The van der Waals surface area contributed by atoms with Crippen LogP contribution in [0.2, 0.25) is 5.02 Å². The third-order valence-electron chi connectivity index (χ3n) is 7.19. The summed E-state index contributed by atoms with van der Waals surface area (Å²) in [6.07, 6.45) is 4.87. The summed E-state index contributed by atoms with van der Waals surface area (Å²) in [5.41, 5.74) is 5.64. The highest BCUT2D eigenvalue weighted by molar-refractivity contribution is 6.31. The number of aromatic carboxylic acids is 1. The van der Waals surface area contributed by atoms with Gasteiger partial charge in [-0.2, -0.15) is 0 Å². The molecule has 1 N–H and O–H groups in total. The normalized spacial score (nSPS) is 18.0. The van der Waals surface area contributed by atoms with Gasteiger partial charge in [0.15, 0.2) is 0 Å². The van der Waals surface area contributed by atoms with E-state index in [1.54, 1.807) is 12.1 Å². The number of piperidine rings is 1. The largest absolute Gasteiger partial charge is 0.478 e. The number of nitrogens with zero attached hydrogens (tertiary/aromatic N) is 3. The summed E-state index contributed by atoms with van der Waals surface area (Å²) in [5, 5.41) is 15.5. The van der Waals surface area contributed by atoms with Crippen LogP contribution in [0.4, 0.5) is 0 Å². The van der Waals surface area contributed by atoms with Crippen LogP contribution in [0, 0.1) is 6.92 Å². The molecule has 2 aliphatic rings. The SMILES string of the molecule is Cc1cc(Cl)cc2c(CN3CCC4(CC3)CC(c3ccc(C(=O)O)cc3)=NO4)cn(C(C)C)c12. The standard InChI is InChI=1S/C27H30ClN3O3/c1-17(2)31-16-21(23-13-22(28)12-18(3)25(23)31)15-30-10-8-27(9-11-30)14-24(29-34-27)19-4-6-20(7-5-19)26(32)33/h4-7,12-13,16-17H,8-11,14-15H2,1-3H3,(H,32,33). The van der Waals surface area contributed by atoms with Crippen molar-refractivity contribution in [3.8, 4) is 0 Å². The summed E-state index contributed by atoms with van der Waals surface area (Å²) in [5.74, 6) is -0.922. The van der Waals surface area contributed by atoms with E-state index in [9.17, 15) is 4.79 Å². The summed E-state index contributed by atoms with van der Waals surface area (Å²) in [7, 11) is 0. The topological polar surface area (TPSA) is 67.1 Å². The maximum Gasteiger partial charge on any atom is 0.335 e. The van der Waals surface area contributed by atoms with E-state index >= 15 is 0 Å². The van der Waals surface area contributed by atoms with E-state index in [2.05, 4.69) is 47.7 Å². The lowest BCUT2D eigenvalue weighted by atomic mass is 9.85. The Labute approximate surface area is 204 Å². The van der Waals surface area contributed by atoms with E-state index in [-0.39, 0.29) is 11.2 Å². The molecule has 0 bridgehead atoms. The first kappa shape index (κ1) is 22.9. The van der Waals surface area contributed by atoms with E-state index in [1.165, 1.54) is 22.0 Å². The fourth-order valence-corrected chi connectivity index (χ4v) is 5.54. The zero-order valence-corrected chi connectivity index (χ0v) is 20.6. The lowest BCUT2D eigenvalue weighted by molar-refractivity contribution is -0.0626. The van der Waals surface area contributed by atoms with Gasteiger partial charge in [0.2, 0.25) is 0 Å². The van der Waals surface area contributed by atoms with Gasteiger partial charge in [-0.1, -0.05) is 28.9 Å². The summed E-state index contributed by atoms with van der Waals surface area (Å²) >= 11 is 6.42. The van der Waals surface area contributed by atoms with Crippen molar-refractivity contribution >= 4 is 34.2 Å². The van der Waals surface area contributed by atoms with Crippen LogP contribution in [0.25, 0.3) is 10.9 Å². The molecule has 2 aliphatic heterocycles. The quantitative estimate of drug-likeness (QED) is 0.484. The highest BCUT2D eigenvalue weighted by Crippen LogP contribution is 2.37. The Balaban J connectivity index is 1.27. The predicted molar refractivity (Wildman–Crippen MR) is 135 cm³/mol. The number of carboxylic acid groups (broad SMARTS) is 1. The first-order valence-corrected chi connectivity index (χ1v) is 12.2. The van der Waals surface area contributed by atoms with Gasteiger partial charge in [-0.05, 0) is 61.7 Å². The van der Waals surface area contributed by atoms with Crippen LogP contribution < -0.4 is 0 Å². The average Bonchev–Trinajstić information content (AvgIpc) is 3.38. The maximum absolute atomic E-state index is 11.1. The van der Waals surface area contributed by atoms with E-state index in [4.69, 9.17) is 21.5 Å². The number of hydrogen-bond donors (Lipinski definition) is 1. The number of halogens is 1. The number of rotatable bonds is 5. The molecular formula is C27H30ClN3O3. The summed E-state index contributed by atoms with van der Waals surface area (Å²) < 4.78 is 2.36. The van der Waals surface area contributed by atoms with Gasteiger partial charge < -0.3 is 14.5 Å². The van der Waals surface area contributed by atoms with Crippen LogP contribution in [-0.2, 0) is 11.4 Å². The lowest BCUT2D eigenvalue weighted by Gasteiger charge is -2.37. The molecule has 1 fully saturated rings. The fourth-order valence-electron chi connectivity index (χ4n) is 5.27. The Kier molecular flexibility index (Phi) is 5.90. The Hall–Kier alpha value is -2.83. The Morgan fingerprint density at radius 3 is 2.56 bits per heavy atom. The molecule has 1 aromatic heterocycles. The summed E-state index contributed by atoms with van der Waals surface area (Å²) in [6, 6.07) is 11.4. The molecule has 34 heavy (non-hydrogen) atoms. The second-order valence-corrected chi connectivity index (χ2v) is 10.4. The molecule has 178 valence electrons. The Morgan fingerprint density at radius 1 is 1.21 bits per heavy atom. The van der Waals surface area contributed by atoms with Crippen LogP contribution in [0.1, 0.15) is 66.2 Å². The lowest BCUT2D eigenvalue weighted by Crippen LogP contribution is -2.44. The molecule has 2 aromatic carbocycles. The van der Waals surface area contributed by atoms with Crippen molar-refractivity contribution < 1.29 is 14.7 Å². The van der Waals surface area contributed by atoms with Crippen LogP contribution in [0.3, 0.4) is 0 Å². The molecule has 5 rings (SSSR count). The molecule has 0 saturated carbocycles. The van der Waals surface area contributed by atoms with E-state index < -0.39 is 5.97 Å². The highest BCUT2D eigenvalue weighted by atomic mass is 35.5. The number of oxime groups is 1. The van der Waals surface area contributed by atoms with Gasteiger partial charge in [-0.15, -0.1) is 0 Å². The van der Waals surface area contributed by atoms with Crippen molar-refractivity contribution in [2.75, 3.05) is 13.1 Å². The molecule has 0 unspecified atom stereocenters. The summed E-state index contributed by atoms with van der Waals surface area (Å²) in [6.45, 7) is 9.32. The molecule has 7 heteroatoms. The number of aromatic nitrogens is 1. The number of benzene rings is 2. The smallest absolute Gasteiger partial charge is 0.335 e. The minimum Gasteiger partial charge on any atom is -0.478 e. The molecule has 3 aromatic rings. The minimum absolute atomic E-state index is 0.261. The third-order valence-corrected chi connectivity index (χ3v) is 7.40. The number of likely N-dealkylation sites (tertiary alicyclic amines) is 1. The van der Waals surface area contributed by atoms with Gasteiger partial charge in [0.25, 0.3) is 0 Å². The molecule has 1 saturated heterocycles. The predicted octanol–water partition coefficient (Wildman–Crippen LogP) is 6.04. The van der Waals surface area contributed by atoms with Crippen molar-refractivity contribution in [2.24, 2.45) is 5.16 Å². The minimum atomic E-state index is -0.922. The fraction of sp³-hybridized carbons (Fsp3) is 0.407. The molecule has 1 spiro atoms. The van der Waals surface area contributed by atoms with Gasteiger partial charge in [0, 0.05) is 61.5 Å². The van der Waals surface area contributed by atoms with Crippen molar-refractivity contribution in [3.63, 3.8) is 0 Å². The first-order chi connectivity index (χ1) is 16.2. The van der Waals surface area contributed by atoms with E-state index in [0.717, 1.165) is 55.2 Å². The third kappa shape index (κ3) is 4.21. The van der Waals surface area contributed by atoms with Crippen molar-refractivity contribution in [3.05, 3.63) is 69.9 Å². The van der Waals surface area contributed by atoms with Gasteiger partial charge in [0.05, 0.1) is 16.8 Å². The van der Waals surface area contributed by atoms with Crippen LogP contribution in [0.15, 0.2) is 47.8 Å². The zero-order valence-electron chi connectivity index (χ0n) is 19.8. The van der Waals surface area contributed by atoms with Gasteiger partial charge in [-0.3, -0.25) is 4.90 Å². The molecule has 0 radical (unpaired) electrons. The number of carbonyl (C=O) groups is 1. The maximum atomic E-state index is 11.1. The number of hydrogen-bond acceptors (Lipinski definition) is 4. The van der Waals surface area contributed by atoms with Gasteiger partial charge in [-0.25, -0.2) is 4.79 Å². The zero-order chi connectivity index (χ0) is 24.0. The summed E-state index contributed by atoms with van der Waals surface area (Å²) in [4.78, 5) is 19.6. The van der Waals surface area contributed by atoms with Gasteiger partial charge in [0.1, 0.15) is 5.60 Å². The first-order valence-electron chi connectivity index (χ1n) is 11.9. The molecular weight excluding hydrogens is 450 g/mol. The monoisotopic (exact) mass is 479 g/mol. The second-order valence-electron chi connectivity index (χ2n) is 9.92. The molecule has 0 atom stereocenters. The average molecular weight is 480 g/mol. The number of carboxylic acids is 1. The number of fused-ring (bicyclic) bond motifs is 1. The molecule has 0 aliphatic carbocycles. The molecule has 6 nitrogen and oxygen atoms in total. The van der Waals surface area contributed by atoms with E-state index in [0.29, 0.717) is 6.04 Å².